The van der Waals surface area contributed by atoms with Crippen LogP contribution in [0.4, 0.5) is 5.95 Å². The molecule has 1 saturated carbocycles. The highest BCUT2D eigenvalue weighted by molar-refractivity contribution is 6.07. The van der Waals surface area contributed by atoms with E-state index in [-0.39, 0.29) is 11.9 Å². The normalized spacial score (nSPS) is 15.2. The van der Waals surface area contributed by atoms with E-state index in [2.05, 4.69) is 9.97 Å². The van der Waals surface area contributed by atoms with Gasteiger partial charge >= 0.3 is 0 Å². The summed E-state index contributed by atoms with van der Waals surface area (Å²) in [6.45, 7) is 2.02. The summed E-state index contributed by atoms with van der Waals surface area (Å²) in [5.74, 6) is 0.266. The fraction of sp³-hybridized carbons (Fsp3) is 0.391. The molecule has 0 unspecified atom stereocenters. The maximum atomic E-state index is 13.6. The summed E-state index contributed by atoms with van der Waals surface area (Å²) in [5, 5.41) is 0.885. The van der Waals surface area contributed by atoms with Gasteiger partial charge in [-0.05, 0) is 31.4 Å². The summed E-state index contributed by atoms with van der Waals surface area (Å²) in [5.41, 5.74) is 9.60. The lowest BCUT2D eigenvalue weighted by molar-refractivity contribution is 0.0719. The van der Waals surface area contributed by atoms with Crippen molar-refractivity contribution >= 4 is 22.8 Å². The van der Waals surface area contributed by atoms with Crippen LogP contribution < -0.4 is 5.73 Å². The number of benzene rings is 1. The molecule has 1 fully saturated rings. The van der Waals surface area contributed by atoms with Crippen LogP contribution in [0.2, 0.25) is 0 Å². The van der Waals surface area contributed by atoms with Crippen LogP contribution in [0.1, 0.15) is 54.4 Å². The Labute approximate surface area is 171 Å². The Morgan fingerprint density at radius 3 is 2.48 bits per heavy atom. The van der Waals surface area contributed by atoms with Crippen molar-refractivity contribution in [2.75, 3.05) is 12.8 Å². The number of nitrogens with zero attached hydrogens (tertiary/aromatic N) is 4. The number of rotatable bonds is 3. The molecule has 0 bridgehead atoms. The molecule has 2 aromatic heterocycles. The molecule has 0 aliphatic heterocycles. The second-order valence-corrected chi connectivity index (χ2v) is 7.92. The summed E-state index contributed by atoms with van der Waals surface area (Å²) in [6.07, 6.45) is 10.3. The van der Waals surface area contributed by atoms with Crippen LogP contribution in [0.5, 0.6) is 0 Å². The number of aryl methyl sites for hydroxylation is 1. The van der Waals surface area contributed by atoms with E-state index in [1.54, 1.807) is 12.4 Å². The van der Waals surface area contributed by atoms with Gasteiger partial charge in [0.2, 0.25) is 5.95 Å². The quantitative estimate of drug-likeness (QED) is 0.672. The molecule has 1 aromatic carbocycles. The van der Waals surface area contributed by atoms with E-state index < -0.39 is 0 Å². The molecule has 0 atom stereocenters. The van der Waals surface area contributed by atoms with Crippen molar-refractivity contribution in [3.63, 3.8) is 0 Å². The van der Waals surface area contributed by atoms with Gasteiger partial charge in [-0.25, -0.2) is 15.0 Å². The van der Waals surface area contributed by atoms with Crippen molar-refractivity contribution in [1.29, 1.82) is 0 Å². The molecule has 0 saturated heterocycles. The van der Waals surface area contributed by atoms with E-state index in [1.807, 2.05) is 43.1 Å². The number of nitrogens with two attached hydrogens (primary N) is 1. The van der Waals surface area contributed by atoms with Crippen molar-refractivity contribution in [1.82, 2.24) is 19.9 Å². The summed E-state index contributed by atoms with van der Waals surface area (Å²) in [4.78, 5) is 28.5. The molecule has 1 aliphatic rings. The second kappa shape index (κ2) is 8.15. The number of fused-ring (bicyclic) bond motifs is 1. The van der Waals surface area contributed by atoms with Crippen molar-refractivity contribution in [3.8, 4) is 11.3 Å². The number of carbonyl (C=O) groups is 1. The third kappa shape index (κ3) is 3.92. The highest BCUT2D eigenvalue weighted by Crippen LogP contribution is 2.29. The zero-order chi connectivity index (χ0) is 20.4. The Bertz CT molecular complexity index is 1020. The Kier molecular flexibility index (Phi) is 5.43. The lowest BCUT2D eigenvalue weighted by atomic mass is 10.0. The average molecular weight is 390 g/mol. The largest absolute Gasteiger partial charge is 0.368 e. The Morgan fingerprint density at radius 1 is 1.10 bits per heavy atom. The van der Waals surface area contributed by atoms with Gasteiger partial charge in [0.05, 0.1) is 16.8 Å². The number of amides is 1. The van der Waals surface area contributed by atoms with E-state index >= 15 is 0 Å². The maximum Gasteiger partial charge on any atom is 0.254 e. The van der Waals surface area contributed by atoms with Crippen LogP contribution in [0.15, 0.2) is 36.7 Å². The molecule has 0 spiro atoms. The van der Waals surface area contributed by atoms with Gasteiger partial charge in [0.25, 0.3) is 5.91 Å². The van der Waals surface area contributed by atoms with Crippen LogP contribution in [-0.2, 0) is 0 Å². The SMILES string of the molecule is Cc1cccc2c(C(=O)N(C)C3CCCCCC3)cc(-c3cnc(N)nc3)nc12. The Balaban J connectivity index is 1.80. The molecule has 1 aliphatic carbocycles. The Hall–Kier alpha value is -3.02. The van der Waals surface area contributed by atoms with Gasteiger partial charge in [-0.3, -0.25) is 4.79 Å². The summed E-state index contributed by atoms with van der Waals surface area (Å²) in [6, 6.07) is 8.13. The minimum atomic E-state index is 0.0486. The van der Waals surface area contributed by atoms with Crippen LogP contribution in [0.25, 0.3) is 22.2 Å². The van der Waals surface area contributed by atoms with Crippen molar-refractivity contribution in [2.24, 2.45) is 0 Å². The van der Waals surface area contributed by atoms with Crippen LogP contribution in [0.3, 0.4) is 0 Å². The molecule has 4 rings (SSSR count). The number of pyridine rings is 1. The zero-order valence-electron chi connectivity index (χ0n) is 17.1. The maximum absolute atomic E-state index is 13.6. The molecular weight excluding hydrogens is 362 g/mol. The average Bonchev–Trinajstić information content (AvgIpc) is 3.02. The monoisotopic (exact) mass is 389 g/mol. The highest BCUT2D eigenvalue weighted by Gasteiger charge is 2.24. The van der Waals surface area contributed by atoms with Gasteiger partial charge in [-0.2, -0.15) is 0 Å². The molecule has 2 N–H and O–H groups in total. The first kappa shape index (κ1) is 19.3. The molecule has 2 heterocycles. The summed E-state index contributed by atoms with van der Waals surface area (Å²) < 4.78 is 0. The Morgan fingerprint density at radius 2 is 1.79 bits per heavy atom. The first-order valence-corrected chi connectivity index (χ1v) is 10.3. The molecule has 6 nitrogen and oxygen atoms in total. The van der Waals surface area contributed by atoms with Crippen LogP contribution in [-0.4, -0.2) is 38.8 Å². The van der Waals surface area contributed by atoms with E-state index in [0.717, 1.165) is 34.9 Å². The van der Waals surface area contributed by atoms with Crippen molar-refractivity contribution in [2.45, 2.75) is 51.5 Å². The van der Waals surface area contributed by atoms with Crippen LogP contribution >= 0.6 is 0 Å². The number of aromatic nitrogens is 3. The molecular formula is C23H27N5O. The molecule has 150 valence electrons. The van der Waals surface area contributed by atoms with E-state index in [1.165, 1.54) is 25.7 Å². The predicted octanol–water partition coefficient (Wildman–Crippen LogP) is 4.38. The van der Waals surface area contributed by atoms with E-state index in [9.17, 15) is 4.79 Å². The smallest absolute Gasteiger partial charge is 0.254 e. The van der Waals surface area contributed by atoms with Crippen molar-refractivity contribution < 1.29 is 4.79 Å². The molecule has 0 radical (unpaired) electrons. The minimum absolute atomic E-state index is 0.0486. The standard InChI is InChI=1S/C23H27N5O/c1-15-8-7-11-18-19(22(29)28(2)17-9-5-3-4-6-10-17)12-20(27-21(15)18)16-13-25-23(24)26-14-16/h7-8,11-14,17H,3-6,9-10H2,1-2H3,(H2,24,25,26). The third-order valence-corrected chi connectivity index (χ3v) is 5.93. The minimum Gasteiger partial charge on any atom is -0.368 e. The first-order valence-electron chi connectivity index (χ1n) is 10.3. The number of nitrogen functional groups attached to an aromatic ring is 1. The van der Waals surface area contributed by atoms with E-state index in [4.69, 9.17) is 10.7 Å². The highest BCUT2D eigenvalue weighted by atomic mass is 16.2. The molecule has 6 heteroatoms. The molecule has 1 amide bonds. The fourth-order valence-corrected chi connectivity index (χ4v) is 4.19. The number of hydrogen-bond donors (Lipinski definition) is 1. The number of carbonyl (C=O) groups excluding carboxylic acids is 1. The second-order valence-electron chi connectivity index (χ2n) is 7.92. The van der Waals surface area contributed by atoms with Gasteiger partial charge in [0, 0.05) is 36.4 Å². The number of hydrogen-bond acceptors (Lipinski definition) is 5. The molecule has 3 aromatic rings. The lowest BCUT2D eigenvalue weighted by Gasteiger charge is -2.28. The van der Waals surface area contributed by atoms with Gasteiger partial charge < -0.3 is 10.6 Å². The van der Waals surface area contributed by atoms with Crippen molar-refractivity contribution in [3.05, 3.63) is 47.8 Å². The molecule has 29 heavy (non-hydrogen) atoms. The number of anilines is 1. The third-order valence-electron chi connectivity index (χ3n) is 5.93. The van der Waals surface area contributed by atoms with Gasteiger partial charge in [0.1, 0.15) is 0 Å². The number of para-hydroxylation sites is 1. The van der Waals surface area contributed by atoms with Gasteiger partial charge in [-0.15, -0.1) is 0 Å². The van der Waals surface area contributed by atoms with E-state index in [0.29, 0.717) is 17.3 Å². The van der Waals surface area contributed by atoms with Gasteiger partial charge in [0.15, 0.2) is 0 Å². The summed E-state index contributed by atoms with van der Waals surface area (Å²) in [7, 11) is 1.94. The fourth-order valence-electron chi connectivity index (χ4n) is 4.19. The van der Waals surface area contributed by atoms with Gasteiger partial charge in [-0.1, -0.05) is 43.9 Å². The lowest BCUT2D eigenvalue weighted by Crippen LogP contribution is -2.36. The summed E-state index contributed by atoms with van der Waals surface area (Å²) >= 11 is 0. The first-order chi connectivity index (χ1) is 14.0. The van der Waals surface area contributed by atoms with Crippen LogP contribution in [0, 0.1) is 6.92 Å². The topological polar surface area (TPSA) is 85.0 Å². The zero-order valence-corrected chi connectivity index (χ0v) is 17.1. The predicted molar refractivity (Wildman–Crippen MR) is 116 cm³/mol.